The van der Waals surface area contributed by atoms with Gasteiger partial charge in [0.15, 0.2) is 0 Å². The van der Waals surface area contributed by atoms with Gasteiger partial charge in [0.1, 0.15) is 12.0 Å². The summed E-state index contributed by atoms with van der Waals surface area (Å²) in [5.41, 5.74) is 7.19. The Kier molecular flexibility index (Phi) is 7.12. The number of ether oxygens (including phenoxy) is 1. The molecule has 2 fully saturated rings. The first-order chi connectivity index (χ1) is 18.9. The lowest BCUT2D eigenvalue weighted by molar-refractivity contribution is 0.0684. The Bertz CT molecular complexity index is 1470. The van der Waals surface area contributed by atoms with Crippen molar-refractivity contribution in [3.63, 3.8) is 0 Å². The average molecular weight is 532 g/mol. The summed E-state index contributed by atoms with van der Waals surface area (Å²) in [6.07, 6.45) is 6.31. The van der Waals surface area contributed by atoms with Crippen LogP contribution in [0.4, 0.5) is 10.2 Å². The van der Waals surface area contributed by atoms with E-state index in [2.05, 4.69) is 41.3 Å². The fourth-order valence-corrected chi connectivity index (χ4v) is 6.14. The lowest BCUT2D eigenvalue weighted by Crippen LogP contribution is -2.54. The summed E-state index contributed by atoms with van der Waals surface area (Å²) in [7, 11) is 3.88. The molecule has 1 aromatic carbocycles. The SMILES string of the molecule is CCc1cc(-c2ccnn2C)c2nc(N3CC[C@@H](NC4CCOCC4)[C@@H](F)C3)c(-c3ccn(C)n3)c(C)c2c1. The molecule has 0 spiro atoms. The number of fused-ring (bicyclic) bond motifs is 1. The largest absolute Gasteiger partial charge is 0.381 e. The lowest BCUT2D eigenvalue weighted by atomic mass is 9.94. The van der Waals surface area contributed by atoms with Crippen LogP contribution in [0.3, 0.4) is 0 Å². The van der Waals surface area contributed by atoms with Crippen LogP contribution >= 0.6 is 0 Å². The summed E-state index contributed by atoms with van der Waals surface area (Å²) in [5, 5.41) is 13.9. The fraction of sp³-hybridized carbons (Fsp3) is 0.500. The Morgan fingerprint density at radius 1 is 1.13 bits per heavy atom. The number of nitrogens with one attached hydrogen (secondary N) is 1. The minimum absolute atomic E-state index is 0.152. The quantitative estimate of drug-likeness (QED) is 0.392. The van der Waals surface area contributed by atoms with Crippen molar-refractivity contribution in [3.05, 3.63) is 47.8 Å². The van der Waals surface area contributed by atoms with Crippen molar-refractivity contribution in [2.24, 2.45) is 14.1 Å². The van der Waals surface area contributed by atoms with E-state index in [1.807, 2.05) is 48.0 Å². The van der Waals surface area contributed by atoms with E-state index in [0.29, 0.717) is 12.6 Å². The van der Waals surface area contributed by atoms with Crippen LogP contribution in [0.1, 0.15) is 37.3 Å². The van der Waals surface area contributed by atoms with Gasteiger partial charge in [-0.2, -0.15) is 10.2 Å². The molecule has 8 nitrogen and oxygen atoms in total. The zero-order valence-electron chi connectivity index (χ0n) is 23.3. The Balaban J connectivity index is 1.45. The molecule has 0 aliphatic carbocycles. The Hall–Kier alpha value is -3.30. The molecule has 6 rings (SSSR count). The Morgan fingerprint density at radius 3 is 2.62 bits per heavy atom. The van der Waals surface area contributed by atoms with Gasteiger partial charge < -0.3 is 15.0 Å². The molecular formula is C30H38FN7O. The molecule has 3 aromatic heterocycles. The zero-order valence-corrected chi connectivity index (χ0v) is 23.3. The molecule has 1 N–H and O–H groups in total. The number of alkyl halides is 1. The van der Waals surface area contributed by atoms with Gasteiger partial charge in [-0.15, -0.1) is 0 Å². The number of anilines is 1. The predicted molar refractivity (Wildman–Crippen MR) is 153 cm³/mol. The van der Waals surface area contributed by atoms with Crippen LogP contribution in [-0.4, -0.2) is 69.1 Å². The summed E-state index contributed by atoms with van der Waals surface area (Å²) in [5.74, 6) is 0.804. The van der Waals surface area contributed by atoms with Gasteiger partial charge >= 0.3 is 0 Å². The van der Waals surface area contributed by atoms with Crippen molar-refractivity contribution in [2.75, 3.05) is 31.2 Å². The molecule has 2 saturated heterocycles. The molecule has 5 heterocycles. The highest BCUT2D eigenvalue weighted by Crippen LogP contribution is 2.40. The monoisotopic (exact) mass is 531 g/mol. The minimum atomic E-state index is -0.991. The molecule has 0 bridgehead atoms. The molecule has 0 unspecified atom stereocenters. The number of benzene rings is 1. The summed E-state index contributed by atoms with van der Waals surface area (Å²) in [4.78, 5) is 7.45. The maximum atomic E-state index is 15.8. The van der Waals surface area contributed by atoms with Crippen LogP contribution in [-0.2, 0) is 25.3 Å². The van der Waals surface area contributed by atoms with Crippen molar-refractivity contribution in [1.82, 2.24) is 29.9 Å². The third kappa shape index (κ3) is 4.94. The molecule has 2 aliphatic rings. The number of aromatic nitrogens is 5. The first-order valence-corrected chi connectivity index (χ1v) is 14.1. The van der Waals surface area contributed by atoms with Crippen LogP contribution in [0, 0.1) is 6.92 Å². The highest BCUT2D eigenvalue weighted by atomic mass is 19.1. The highest BCUT2D eigenvalue weighted by molar-refractivity contribution is 6.01. The number of hydrogen-bond acceptors (Lipinski definition) is 6. The maximum absolute atomic E-state index is 15.8. The number of hydrogen-bond donors (Lipinski definition) is 1. The third-order valence-electron chi connectivity index (χ3n) is 8.38. The number of nitrogens with zero attached hydrogens (tertiary/aromatic N) is 6. The summed E-state index contributed by atoms with van der Waals surface area (Å²) < 4.78 is 24.9. The highest BCUT2D eigenvalue weighted by Gasteiger charge is 2.34. The fourth-order valence-electron chi connectivity index (χ4n) is 6.14. The van der Waals surface area contributed by atoms with Crippen LogP contribution < -0.4 is 10.2 Å². The van der Waals surface area contributed by atoms with Gasteiger partial charge in [0.25, 0.3) is 0 Å². The van der Waals surface area contributed by atoms with E-state index in [4.69, 9.17) is 14.8 Å². The van der Waals surface area contributed by atoms with E-state index in [9.17, 15) is 0 Å². The summed E-state index contributed by atoms with van der Waals surface area (Å²) in [6.45, 7) is 6.85. The van der Waals surface area contributed by atoms with Gasteiger partial charge in [-0.25, -0.2) is 9.37 Å². The topological polar surface area (TPSA) is 73.0 Å². The third-order valence-corrected chi connectivity index (χ3v) is 8.38. The Labute approximate surface area is 229 Å². The van der Waals surface area contributed by atoms with Crippen molar-refractivity contribution in [2.45, 2.75) is 57.8 Å². The van der Waals surface area contributed by atoms with Gasteiger partial charge in [-0.1, -0.05) is 6.92 Å². The second-order valence-electron chi connectivity index (χ2n) is 11.0. The molecule has 4 aromatic rings. The standard InChI is InChI=1S/C30H38FN7O/c1-5-20-16-22-19(2)28(26-7-12-36(3)35-26)30(34-29(22)23(17-20)27-6-11-32-37(27)4)38-13-8-25(24(31)18-38)33-21-9-14-39-15-10-21/h6-7,11-12,16-17,21,24-25,33H,5,8-10,13-15,18H2,1-4H3/t24-,25+/m0/s1. The molecule has 9 heteroatoms. The van der Waals surface area contributed by atoms with Crippen LogP contribution in [0.2, 0.25) is 0 Å². The molecular weight excluding hydrogens is 493 g/mol. The van der Waals surface area contributed by atoms with E-state index in [0.717, 1.165) is 90.2 Å². The number of aryl methyl sites for hydroxylation is 4. The van der Waals surface area contributed by atoms with E-state index in [1.54, 1.807) is 0 Å². The molecule has 0 amide bonds. The van der Waals surface area contributed by atoms with E-state index >= 15 is 4.39 Å². The zero-order chi connectivity index (χ0) is 27.1. The van der Waals surface area contributed by atoms with Gasteiger partial charge in [0.2, 0.25) is 0 Å². The first-order valence-electron chi connectivity index (χ1n) is 14.1. The van der Waals surface area contributed by atoms with E-state index in [-0.39, 0.29) is 6.04 Å². The number of pyridine rings is 1. The first kappa shape index (κ1) is 26.0. The number of halogens is 1. The second-order valence-corrected chi connectivity index (χ2v) is 11.0. The van der Waals surface area contributed by atoms with Gasteiger partial charge in [0, 0.05) is 74.8 Å². The van der Waals surface area contributed by atoms with Gasteiger partial charge in [-0.3, -0.25) is 9.36 Å². The van der Waals surface area contributed by atoms with Crippen LogP contribution in [0.15, 0.2) is 36.7 Å². The smallest absolute Gasteiger partial charge is 0.139 e. The van der Waals surface area contributed by atoms with Crippen molar-refractivity contribution in [3.8, 4) is 22.5 Å². The summed E-state index contributed by atoms with van der Waals surface area (Å²) >= 11 is 0. The molecule has 39 heavy (non-hydrogen) atoms. The molecule has 2 atom stereocenters. The van der Waals surface area contributed by atoms with Gasteiger partial charge in [-0.05, 0) is 68.0 Å². The average Bonchev–Trinajstić information content (AvgIpc) is 3.57. The van der Waals surface area contributed by atoms with Crippen LogP contribution in [0.5, 0.6) is 0 Å². The molecule has 0 radical (unpaired) electrons. The minimum Gasteiger partial charge on any atom is -0.381 e. The maximum Gasteiger partial charge on any atom is 0.139 e. The van der Waals surface area contributed by atoms with Crippen molar-refractivity contribution < 1.29 is 9.13 Å². The number of piperidine rings is 1. The molecule has 0 saturated carbocycles. The van der Waals surface area contributed by atoms with E-state index in [1.165, 1.54) is 5.56 Å². The lowest BCUT2D eigenvalue weighted by Gasteiger charge is -2.39. The van der Waals surface area contributed by atoms with E-state index < -0.39 is 6.17 Å². The Morgan fingerprint density at radius 2 is 1.95 bits per heavy atom. The molecule has 2 aliphatic heterocycles. The van der Waals surface area contributed by atoms with Crippen molar-refractivity contribution in [1.29, 1.82) is 0 Å². The van der Waals surface area contributed by atoms with Crippen LogP contribution in [0.25, 0.3) is 33.4 Å². The van der Waals surface area contributed by atoms with Crippen molar-refractivity contribution >= 4 is 16.7 Å². The number of rotatable bonds is 6. The predicted octanol–water partition coefficient (Wildman–Crippen LogP) is 4.59. The molecule has 206 valence electrons. The normalized spacial score (nSPS) is 20.7. The summed E-state index contributed by atoms with van der Waals surface area (Å²) in [6, 6.07) is 8.70. The van der Waals surface area contributed by atoms with Gasteiger partial charge in [0.05, 0.1) is 23.4 Å². The second kappa shape index (κ2) is 10.7.